The lowest BCUT2D eigenvalue weighted by atomic mass is 10.0. The molecule has 6 heteroatoms. The summed E-state index contributed by atoms with van der Waals surface area (Å²) in [5.74, 6) is 0. The first-order valence-corrected chi connectivity index (χ1v) is 6.41. The van der Waals surface area contributed by atoms with Crippen molar-refractivity contribution in [3.8, 4) is 17.2 Å². The van der Waals surface area contributed by atoms with Crippen LogP contribution in [0.25, 0.3) is 11.1 Å². The maximum absolute atomic E-state index is 11.3. The molecule has 2 rings (SSSR count). The second-order valence-electron chi connectivity index (χ2n) is 3.77. The second kappa shape index (κ2) is 5.66. The molecule has 1 aromatic heterocycles. The average Bonchev–Trinajstić information content (AvgIpc) is 2.37. The van der Waals surface area contributed by atoms with Gasteiger partial charge in [-0.2, -0.15) is 5.26 Å². The lowest BCUT2D eigenvalue weighted by Gasteiger charge is -2.11. The number of H-pyrrole nitrogens is 1. The van der Waals surface area contributed by atoms with Crippen molar-refractivity contribution in [2.75, 3.05) is 0 Å². The van der Waals surface area contributed by atoms with Gasteiger partial charge in [-0.15, -0.1) is 0 Å². The number of nitrogens with one attached hydrogen (secondary N) is 1. The Kier molecular flexibility index (Phi) is 4.16. The Morgan fingerprint density at radius 1 is 1.11 bits per heavy atom. The van der Waals surface area contributed by atoms with E-state index in [1.165, 1.54) is 6.07 Å². The van der Waals surface area contributed by atoms with Crippen LogP contribution in [0.3, 0.4) is 0 Å². The largest absolute Gasteiger partial charge is 0.325 e. The molecule has 0 aliphatic heterocycles. The van der Waals surface area contributed by atoms with E-state index in [1.54, 1.807) is 18.2 Å². The third-order valence-electron chi connectivity index (χ3n) is 2.57. The zero-order chi connectivity index (χ0) is 14.0. The van der Waals surface area contributed by atoms with Crippen molar-refractivity contribution in [1.82, 2.24) is 4.98 Å². The summed E-state index contributed by atoms with van der Waals surface area (Å²) in [6.45, 7) is 0. The van der Waals surface area contributed by atoms with Crippen molar-refractivity contribution in [2.45, 2.75) is 6.42 Å². The van der Waals surface area contributed by atoms with Crippen LogP contribution in [0.15, 0.2) is 29.1 Å². The van der Waals surface area contributed by atoms with E-state index >= 15 is 0 Å². The number of benzene rings is 1. The number of halogens is 3. The van der Waals surface area contributed by atoms with Gasteiger partial charge in [0.25, 0.3) is 0 Å². The normalized spacial score (nSPS) is 10.2. The van der Waals surface area contributed by atoms with Crippen molar-refractivity contribution in [3.63, 3.8) is 0 Å². The summed E-state index contributed by atoms with van der Waals surface area (Å²) < 4.78 is 0. The molecular weight excluding hydrogens is 307 g/mol. The molecule has 1 heterocycles. The Balaban J connectivity index is 2.76. The minimum absolute atomic E-state index is 0.0462. The highest BCUT2D eigenvalue weighted by molar-refractivity contribution is 6.46. The van der Waals surface area contributed by atoms with E-state index < -0.39 is 0 Å². The molecule has 0 saturated carbocycles. The van der Waals surface area contributed by atoms with Gasteiger partial charge in [0.15, 0.2) is 0 Å². The summed E-state index contributed by atoms with van der Waals surface area (Å²) >= 11 is 18.3. The Labute approximate surface area is 124 Å². The predicted octanol–water partition coefficient (Wildman–Crippen LogP) is 4.07. The van der Waals surface area contributed by atoms with Crippen molar-refractivity contribution >= 4 is 34.8 Å². The highest BCUT2D eigenvalue weighted by Crippen LogP contribution is 2.39. The fourth-order valence-corrected chi connectivity index (χ4v) is 2.48. The Morgan fingerprint density at radius 2 is 1.79 bits per heavy atom. The van der Waals surface area contributed by atoms with E-state index in [0.717, 1.165) is 0 Å². The molecule has 3 nitrogen and oxygen atoms in total. The molecule has 0 aliphatic carbocycles. The summed E-state index contributed by atoms with van der Waals surface area (Å²) in [4.78, 5) is 13.9. The first kappa shape index (κ1) is 14.0. The van der Waals surface area contributed by atoms with Gasteiger partial charge in [-0.25, -0.2) is 0 Å². The average molecular weight is 314 g/mol. The molecule has 0 atom stereocenters. The minimum atomic E-state index is -0.289. The monoisotopic (exact) mass is 312 g/mol. The summed E-state index contributed by atoms with van der Waals surface area (Å²) in [7, 11) is 0. The zero-order valence-corrected chi connectivity index (χ0v) is 11.8. The SMILES string of the molecule is N#CCc1[nH]c(=O)ccc1-c1c(Cl)ccc(Cl)c1Cl. The molecule has 0 amide bonds. The lowest BCUT2D eigenvalue weighted by molar-refractivity contribution is 1.08. The summed E-state index contributed by atoms with van der Waals surface area (Å²) in [6, 6.07) is 8.12. The van der Waals surface area contributed by atoms with E-state index in [1.807, 2.05) is 6.07 Å². The molecule has 19 heavy (non-hydrogen) atoms. The van der Waals surface area contributed by atoms with Gasteiger partial charge in [-0.05, 0) is 18.2 Å². The molecule has 1 aromatic carbocycles. The number of hydrogen-bond acceptors (Lipinski definition) is 2. The van der Waals surface area contributed by atoms with Gasteiger partial charge < -0.3 is 4.98 Å². The zero-order valence-electron chi connectivity index (χ0n) is 9.51. The predicted molar refractivity (Wildman–Crippen MR) is 76.8 cm³/mol. The maximum atomic E-state index is 11.3. The molecule has 2 aromatic rings. The number of aromatic amines is 1. The fraction of sp³-hybridized carbons (Fsp3) is 0.0769. The van der Waals surface area contributed by atoms with Crippen LogP contribution in [-0.2, 0) is 6.42 Å². The Morgan fingerprint density at radius 3 is 2.47 bits per heavy atom. The van der Waals surface area contributed by atoms with Crippen LogP contribution in [0.2, 0.25) is 15.1 Å². The van der Waals surface area contributed by atoms with Crippen LogP contribution in [-0.4, -0.2) is 4.98 Å². The molecule has 96 valence electrons. The van der Waals surface area contributed by atoms with Crippen molar-refractivity contribution in [2.24, 2.45) is 0 Å². The van der Waals surface area contributed by atoms with Crippen LogP contribution >= 0.6 is 34.8 Å². The van der Waals surface area contributed by atoms with E-state index in [-0.39, 0.29) is 12.0 Å². The number of aromatic nitrogens is 1. The van der Waals surface area contributed by atoms with Gasteiger partial charge >= 0.3 is 0 Å². The number of pyridine rings is 1. The third-order valence-corrected chi connectivity index (χ3v) is 3.69. The van der Waals surface area contributed by atoms with Crippen molar-refractivity contribution in [3.05, 3.63) is 55.4 Å². The standard InChI is InChI=1S/C13H7Cl3N2O/c14-8-2-3-9(15)13(16)12(8)7-1-4-11(19)18-10(7)5-6-17/h1-4H,5H2,(H,18,19). The van der Waals surface area contributed by atoms with Crippen LogP contribution < -0.4 is 5.56 Å². The first-order valence-electron chi connectivity index (χ1n) is 5.27. The van der Waals surface area contributed by atoms with Gasteiger partial charge in [0.05, 0.1) is 27.6 Å². The molecule has 0 bridgehead atoms. The molecule has 0 fully saturated rings. The second-order valence-corrected chi connectivity index (χ2v) is 4.96. The highest BCUT2D eigenvalue weighted by Gasteiger charge is 2.15. The van der Waals surface area contributed by atoms with Crippen LogP contribution in [0.1, 0.15) is 5.69 Å². The van der Waals surface area contributed by atoms with Crippen LogP contribution in [0, 0.1) is 11.3 Å². The van der Waals surface area contributed by atoms with Crippen LogP contribution in [0.4, 0.5) is 0 Å². The van der Waals surface area contributed by atoms with E-state index in [4.69, 9.17) is 40.1 Å². The summed E-state index contributed by atoms with van der Waals surface area (Å²) in [6.07, 6.45) is 0.0462. The van der Waals surface area contributed by atoms with Crippen molar-refractivity contribution < 1.29 is 0 Å². The molecule has 1 N–H and O–H groups in total. The molecule has 0 saturated heterocycles. The van der Waals surface area contributed by atoms with Gasteiger partial charge in [0, 0.05) is 22.9 Å². The highest BCUT2D eigenvalue weighted by atomic mass is 35.5. The number of rotatable bonds is 2. The molecule has 0 aliphatic rings. The number of nitriles is 1. The number of nitrogens with zero attached hydrogens (tertiary/aromatic N) is 1. The Hall–Kier alpha value is -1.47. The molecular formula is C13H7Cl3N2O. The summed E-state index contributed by atoms with van der Waals surface area (Å²) in [5.41, 5.74) is 1.28. The Bertz CT molecular complexity index is 732. The van der Waals surface area contributed by atoms with Crippen LogP contribution in [0.5, 0.6) is 0 Å². The van der Waals surface area contributed by atoms with Crippen molar-refractivity contribution in [1.29, 1.82) is 5.26 Å². The first-order chi connectivity index (χ1) is 9.04. The van der Waals surface area contributed by atoms with E-state index in [0.29, 0.717) is 31.9 Å². The minimum Gasteiger partial charge on any atom is -0.325 e. The maximum Gasteiger partial charge on any atom is 0.248 e. The third kappa shape index (κ3) is 2.76. The quantitative estimate of drug-likeness (QED) is 0.850. The topological polar surface area (TPSA) is 56.6 Å². The lowest BCUT2D eigenvalue weighted by Crippen LogP contribution is -2.08. The molecule has 0 spiro atoms. The van der Waals surface area contributed by atoms with Gasteiger partial charge in [0.2, 0.25) is 5.56 Å². The molecule has 0 radical (unpaired) electrons. The van der Waals surface area contributed by atoms with E-state index in [9.17, 15) is 4.79 Å². The summed E-state index contributed by atoms with van der Waals surface area (Å²) in [5, 5.41) is 9.86. The fourth-order valence-electron chi connectivity index (χ4n) is 1.74. The van der Waals surface area contributed by atoms with Gasteiger partial charge in [-0.1, -0.05) is 34.8 Å². The van der Waals surface area contributed by atoms with Gasteiger partial charge in [0.1, 0.15) is 0 Å². The molecule has 0 unspecified atom stereocenters. The number of hydrogen-bond donors (Lipinski definition) is 1. The van der Waals surface area contributed by atoms with Gasteiger partial charge in [-0.3, -0.25) is 4.79 Å². The smallest absolute Gasteiger partial charge is 0.248 e. The van der Waals surface area contributed by atoms with E-state index in [2.05, 4.69) is 4.98 Å².